The van der Waals surface area contributed by atoms with Gasteiger partial charge in [-0.2, -0.15) is 0 Å². The van der Waals surface area contributed by atoms with Crippen LogP contribution >= 0.6 is 11.6 Å². The first kappa shape index (κ1) is 18.1. The molecule has 0 saturated carbocycles. The maximum absolute atomic E-state index is 13.1. The molecule has 1 saturated heterocycles. The summed E-state index contributed by atoms with van der Waals surface area (Å²) in [4.78, 5) is 31.7. The maximum atomic E-state index is 13.1. The van der Waals surface area contributed by atoms with Crippen LogP contribution in [0.1, 0.15) is 11.3 Å². The molecule has 26 heavy (non-hydrogen) atoms. The van der Waals surface area contributed by atoms with E-state index in [1.807, 2.05) is 12.1 Å². The van der Waals surface area contributed by atoms with Gasteiger partial charge in [0.05, 0.1) is 12.2 Å². The Morgan fingerprint density at radius 1 is 1.23 bits per heavy atom. The van der Waals surface area contributed by atoms with Crippen LogP contribution in [0.15, 0.2) is 42.6 Å². The minimum Gasteiger partial charge on any atom is -0.349 e. The van der Waals surface area contributed by atoms with E-state index in [9.17, 15) is 14.0 Å². The third-order valence-corrected chi connectivity index (χ3v) is 4.44. The number of rotatable bonds is 6. The molecule has 2 aromatic rings. The molecule has 1 aliphatic heterocycles. The number of nitrogens with one attached hydrogen (secondary N) is 1. The number of nitrogens with zero attached hydrogens (tertiary/aromatic N) is 3. The molecule has 0 bridgehead atoms. The van der Waals surface area contributed by atoms with Crippen molar-refractivity contribution in [3.8, 4) is 0 Å². The van der Waals surface area contributed by atoms with Gasteiger partial charge >= 0.3 is 6.03 Å². The highest BCUT2D eigenvalue weighted by Gasteiger charge is 2.30. The zero-order chi connectivity index (χ0) is 18.5. The van der Waals surface area contributed by atoms with E-state index >= 15 is 0 Å². The molecule has 8 heteroatoms. The molecule has 0 spiro atoms. The minimum absolute atomic E-state index is 0.0146. The predicted molar refractivity (Wildman–Crippen MR) is 94.9 cm³/mol. The standard InChI is InChI=1S/C18H18ClFN4O2/c19-16-9-14(20)5-4-13(16)11-23-7-8-24(18(23)26)12-17(25)22-10-15-3-1-2-6-21-15/h1-6,9H,7-8,10-12H2,(H,22,25). The van der Waals surface area contributed by atoms with Crippen molar-refractivity contribution < 1.29 is 14.0 Å². The van der Waals surface area contributed by atoms with Gasteiger partial charge in [-0.05, 0) is 29.8 Å². The van der Waals surface area contributed by atoms with Crippen molar-refractivity contribution >= 4 is 23.5 Å². The van der Waals surface area contributed by atoms with Crippen molar-refractivity contribution in [2.75, 3.05) is 19.6 Å². The molecule has 0 atom stereocenters. The largest absolute Gasteiger partial charge is 0.349 e. The molecule has 6 nitrogen and oxygen atoms in total. The lowest BCUT2D eigenvalue weighted by Crippen LogP contribution is -2.39. The number of benzene rings is 1. The van der Waals surface area contributed by atoms with Crippen molar-refractivity contribution in [3.63, 3.8) is 0 Å². The molecule has 1 fully saturated rings. The molecule has 136 valence electrons. The van der Waals surface area contributed by atoms with Crippen LogP contribution in [0, 0.1) is 5.82 Å². The van der Waals surface area contributed by atoms with Gasteiger partial charge < -0.3 is 15.1 Å². The highest BCUT2D eigenvalue weighted by molar-refractivity contribution is 6.31. The average molecular weight is 377 g/mol. The zero-order valence-corrected chi connectivity index (χ0v) is 14.7. The third kappa shape index (κ3) is 4.49. The number of urea groups is 1. The van der Waals surface area contributed by atoms with Gasteiger partial charge in [-0.1, -0.05) is 23.7 Å². The fourth-order valence-electron chi connectivity index (χ4n) is 2.70. The second-order valence-electron chi connectivity index (χ2n) is 5.96. The van der Waals surface area contributed by atoms with Crippen LogP contribution in [0.3, 0.4) is 0 Å². The molecule has 1 aliphatic rings. The number of carbonyl (C=O) groups excluding carboxylic acids is 2. The maximum Gasteiger partial charge on any atom is 0.320 e. The fourth-order valence-corrected chi connectivity index (χ4v) is 2.93. The first-order chi connectivity index (χ1) is 12.5. The summed E-state index contributed by atoms with van der Waals surface area (Å²) in [5.74, 6) is -0.664. The van der Waals surface area contributed by atoms with Gasteiger partial charge in [-0.25, -0.2) is 9.18 Å². The van der Waals surface area contributed by atoms with Gasteiger partial charge in [0.25, 0.3) is 0 Å². The Balaban J connectivity index is 1.51. The summed E-state index contributed by atoms with van der Waals surface area (Å²) < 4.78 is 13.1. The van der Waals surface area contributed by atoms with Gasteiger partial charge in [0.1, 0.15) is 12.4 Å². The van der Waals surface area contributed by atoms with Gasteiger partial charge in [-0.3, -0.25) is 9.78 Å². The summed E-state index contributed by atoms with van der Waals surface area (Å²) in [5, 5.41) is 3.03. The predicted octanol–water partition coefficient (Wildman–Crippen LogP) is 2.43. The number of aromatic nitrogens is 1. The van der Waals surface area contributed by atoms with Crippen LogP contribution in [-0.2, 0) is 17.9 Å². The highest BCUT2D eigenvalue weighted by Crippen LogP contribution is 2.21. The second kappa shape index (κ2) is 8.14. The quantitative estimate of drug-likeness (QED) is 0.842. The number of hydrogen-bond acceptors (Lipinski definition) is 3. The van der Waals surface area contributed by atoms with E-state index in [2.05, 4.69) is 10.3 Å². The Morgan fingerprint density at radius 2 is 2.04 bits per heavy atom. The second-order valence-corrected chi connectivity index (χ2v) is 6.37. The van der Waals surface area contributed by atoms with Gasteiger partial charge in [0.15, 0.2) is 0 Å². The minimum atomic E-state index is -0.419. The Kier molecular flexibility index (Phi) is 5.68. The zero-order valence-electron chi connectivity index (χ0n) is 14.0. The molecule has 2 heterocycles. The van der Waals surface area contributed by atoms with Crippen LogP contribution in [0.5, 0.6) is 0 Å². The molecular formula is C18H18ClFN4O2. The number of carbonyl (C=O) groups is 2. The lowest BCUT2D eigenvalue weighted by molar-refractivity contribution is -0.121. The molecule has 3 amide bonds. The van der Waals surface area contributed by atoms with E-state index in [1.54, 1.807) is 23.2 Å². The highest BCUT2D eigenvalue weighted by atomic mass is 35.5. The summed E-state index contributed by atoms with van der Waals surface area (Å²) >= 11 is 6.01. The SMILES string of the molecule is O=C(CN1CCN(Cc2ccc(F)cc2Cl)C1=O)NCc1ccccn1. The Labute approximate surface area is 155 Å². The van der Waals surface area contributed by atoms with Gasteiger partial charge in [0, 0.05) is 30.9 Å². The first-order valence-corrected chi connectivity index (χ1v) is 8.55. The molecule has 0 radical (unpaired) electrons. The molecule has 0 unspecified atom stereocenters. The molecular weight excluding hydrogens is 359 g/mol. The normalized spacial score (nSPS) is 14.0. The number of hydrogen-bond donors (Lipinski definition) is 1. The van der Waals surface area contributed by atoms with Crippen molar-refractivity contribution in [2.45, 2.75) is 13.1 Å². The Morgan fingerprint density at radius 3 is 2.77 bits per heavy atom. The first-order valence-electron chi connectivity index (χ1n) is 8.17. The van der Waals surface area contributed by atoms with Crippen molar-refractivity contribution in [3.05, 3.63) is 64.7 Å². The average Bonchev–Trinajstić information content (AvgIpc) is 2.96. The number of halogens is 2. The molecule has 1 aromatic heterocycles. The monoisotopic (exact) mass is 376 g/mol. The van der Waals surface area contributed by atoms with E-state index < -0.39 is 5.82 Å². The van der Waals surface area contributed by atoms with Crippen molar-refractivity contribution in [1.29, 1.82) is 0 Å². The van der Waals surface area contributed by atoms with Crippen LogP contribution in [0.25, 0.3) is 0 Å². The van der Waals surface area contributed by atoms with Gasteiger partial charge in [0.2, 0.25) is 5.91 Å². The van der Waals surface area contributed by atoms with E-state index in [1.165, 1.54) is 17.0 Å². The topological polar surface area (TPSA) is 65.5 Å². The van der Waals surface area contributed by atoms with Crippen LogP contribution in [0.4, 0.5) is 9.18 Å². The third-order valence-electron chi connectivity index (χ3n) is 4.08. The fraction of sp³-hybridized carbons (Fsp3) is 0.278. The summed E-state index contributed by atoms with van der Waals surface area (Å²) in [6.07, 6.45) is 1.66. The summed E-state index contributed by atoms with van der Waals surface area (Å²) in [7, 11) is 0. The van der Waals surface area contributed by atoms with Crippen LogP contribution in [0.2, 0.25) is 5.02 Å². The van der Waals surface area contributed by atoms with Gasteiger partial charge in [-0.15, -0.1) is 0 Å². The molecule has 1 N–H and O–H groups in total. The number of pyridine rings is 1. The Bertz CT molecular complexity index is 803. The van der Waals surface area contributed by atoms with Crippen LogP contribution in [-0.4, -0.2) is 46.4 Å². The number of amides is 3. The smallest absolute Gasteiger partial charge is 0.320 e. The summed E-state index contributed by atoms with van der Waals surface area (Å²) in [5.41, 5.74) is 1.42. The van der Waals surface area contributed by atoms with Crippen LogP contribution < -0.4 is 5.32 Å². The van der Waals surface area contributed by atoms with E-state index in [0.29, 0.717) is 25.2 Å². The van der Waals surface area contributed by atoms with Crippen molar-refractivity contribution in [1.82, 2.24) is 20.1 Å². The molecule has 3 rings (SSSR count). The van der Waals surface area contributed by atoms with E-state index in [4.69, 9.17) is 11.6 Å². The Hall–Kier alpha value is -2.67. The lowest BCUT2D eigenvalue weighted by Gasteiger charge is -2.19. The summed E-state index contributed by atoms with van der Waals surface area (Å²) in [6.45, 7) is 1.52. The lowest BCUT2D eigenvalue weighted by atomic mass is 10.2. The molecule has 1 aromatic carbocycles. The van der Waals surface area contributed by atoms with E-state index in [0.717, 1.165) is 5.69 Å². The molecule has 0 aliphatic carbocycles. The van der Waals surface area contributed by atoms with Crippen molar-refractivity contribution in [2.24, 2.45) is 0 Å². The summed E-state index contributed by atoms with van der Waals surface area (Å²) in [6, 6.07) is 9.32. The van der Waals surface area contributed by atoms with E-state index in [-0.39, 0.29) is 30.1 Å².